The Kier molecular flexibility index (Phi) is 45.6. The maximum absolute atomic E-state index is 11.7. The number of hydrogen-bond donors (Lipinski definition) is 3. The van der Waals surface area contributed by atoms with Crippen molar-refractivity contribution < 1.29 is 45.6 Å². The van der Waals surface area contributed by atoms with Crippen molar-refractivity contribution >= 4 is 15.0 Å². The molecule has 0 aliphatic carbocycles. The molecule has 0 heterocycles. The van der Waals surface area contributed by atoms with Gasteiger partial charge in [-0.05, 0) is 20.8 Å². The molecule has 0 bridgehead atoms. The Hall–Kier alpha value is 0.260. The number of aliphatic hydroxyl groups is 3. The van der Waals surface area contributed by atoms with E-state index in [1.165, 1.54) is 0 Å². The summed E-state index contributed by atoms with van der Waals surface area (Å²) in [6, 6.07) is 7.38. The van der Waals surface area contributed by atoms with Crippen LogP contribution in [0.25, 0.3) is 0 Å². The zero-order valence-corrected chi connectivity index (χ0v) is 14.7. The zero-order valence-electron chi connectivity index (χ0n) is 10.9. The van der Waals surface area contributed by atoms with Crippen LogP contribution in [0.5, 0.6) is 0 Å². The molecule has 17 heavy (non-hydrogen) atoms. The average molecular weight is 343 g/mol. The van der Waals surface area contributed by atoms with Crippen LogP contribution in [0, 0.1) is 0 Å². The van der Waals surface area contributed by atoms with Crippen LogP contribution in [0.1, 0.15) is 20.8 Å². The van der Waals surface area contributed by atoms with E-state index >= 15 is 0 Å². The van der Waals surface area contributed by atoms with E-state index < -0.39 is 9.85 Å². The van der Waals surface area contributed by atoms with Gasteiger partial charge in [-0.2, -0.15) is 12.1 Å². The van der Waals surface area contributed by atoms with Crippen LogP contribution >= 0.6 is 0 Å². The molecule has 1 aromatic carbocycles. The van der Waals surface area contributed by atoms with E-state index in [0.29, 0.717) is 0 Å². The summed E-state index contributed by atoms with van der Waals surface area (Å²) in [5, 5.41) is 23.6. The minimum Gasteiger partial charge on any atom is -0.397 e. The first-order valence-corrected chi connectivity index (χ1v) is 6.51. The smallest absolute Gasteiger partial charge is 0.189 e. The minimum atomic E-state index is -1.37. The summed E-state index contributed by atoms with van der Waals surface area (Å²) < 4.78 is 11.7. The van der Waals surface area contributed by atoms with Crippen LogP contribution < -0.4 is 5.19 Å². The van der Waals surface area contributed by atoms with Crippen molar-refractivity contribution in [3.63, 3.8) is 0 Å². The summed E-state index contributed by atoms with van der Waals surface area (Å²) in [5.74, 6) is 0. The van der Waals surface area contributed by atoms with Gasteiger partial charge in [0.1, 0.15) is 0 Å². The van der Waals surface area contributed by atoms with Crippen LogP contribution in [0.2, 0.25) is 0 Å². The van der Waals surface area contributed by atoms with E-state index in [9.17, 15) is 4.11 Å². The van der Waals surface area contributed by atoms with E-state index in [2.05, 4.69) is 0 Å². The summed E-state index contributed by atoms with van der Waals surface area (Å²) in [7, 11) is -1.37. The Morgan fingerprint density at radius 2 is 1.18 bits per heavy atom. The molecule has 0 spiro atoms. The predicted octanol–water partition coefficient (Wildman–Crippen LogP) is 0.0774. The van der Waals surface area contributed by atoms with Gasteiger partial charge in [0.2, 0.25) is 0 Å². The largest absolute Gasteiger partial charge is 0.397 e. The second-order valence-corrected chi connectivity index (χ2v) is 3.46. The van der Waals surface area contributed by atoms with Crippen LogP contribution in [-0.4, -0.2) is 45.0 Å². The molecule has 0 unspecified atom stereocenters. The Balaban J connectivity index is -0.0000000734. The SMILES string of the molecule is CCO.CCO.CCO.F[SiH2][c-]1cccc1.[Zr]. The molecule has 1 aromatic rings. The van der Waals surface area contributed by atoms with Gasteiger partial charge in [0.25, 0.3) is 0 Å². The van der Waals surface area contributed by atoms with Gasteiger partial charge < -0.3 is 19.4 Å². The molecule has 0 aliphatic heterocycles. The quantitative estimate of drug-likeness (QED) is 0.385. The molecule has 0 saturated carbocycles. The van der Waals surface area contributed by atoms with Crippen molar-refractivity contribution in [2.45, 2.75) is 20.8 Å². The first kappa shape index (κ1) is 26.0. The normalized spacial score (nSPS) is 7.71. The average Bonchev–Trinajstić information content (AvgIpc) is 2.73. The molecule has 0 aliphatic rings. The molecular formula is C11H24FO3SiZr-. The Bertz CT molecular complexity index is 170. The molecule has 3 nitrogen and oxygen atoms in total. The van der Waals surface area contributed by atoms with Gasteiger partial charge in [-0.25, -0.2) is 12.1 Å². The maximum Gasteiger partial charge on any atom is 0.189 e. The molecular weight excluding hydrogens is 318 g/mol. The van der Waals surface area contributed by atoms with Crippen LogP contribution in [0.4, 0.5) is 4.11 Å². The molecule has 0 aromatic heterocycles. The molecule has 0 atom stereocenters. The molecule has 6 heteroatoms. The van der Waals surface area contributed by atoms with Gasteiger partial charge in [0.15, 0.2) is 9.85 Å². The first-order valence-electron chi connectivity index (χ1n) is 5.27. The van der Waals surface area contributed by atoms with E-state index in [-0.39, 0.29) is 46.0 Å². The molecule has 1 rings (SSSR count). The van der Waals surface area contributed by atoms with Crippen molar-refractivity contribution in [1.29, 1.82) is 0 Å². The molecule has 0 amide bonds. The maximum atomic E-state index is 11.7. The fourth-order valence-corrected chi connectivity index (χ4v) is 0.953. The third-order valence-electron chi connectivity index (χ3n) is 0.886. The standard InChI is InChI=1S/C5H6FSi.3C2H6O.Zr/c6-7-5-3-1-2-4-5;3*1-2-3;/h1-4H,7H2;3*3H,2H2,1H3;/q-1;;;;. The molecule has 3 N–H and O–H groups in total. The predicted molar refractivity (Wildman–Crippen MR) is 69.6 cm³/mol. The summed E-state index contributed by atoms with van der Waals surface area (Å²) >= 11 is 0. The number of halogens is 1. The third kappa shape index (κ3) is 38.6. The monoisotopic (exact) mass is 341 g/mol. The van der Waals surface area contributed by atoms with E-state index in [4.69, 9.17) is 15.3 Å². The van der Waals surface area contributed by atoms with E-state index in [1.807, 2.05) is 24.3 Å². The summed E-state index contributed by atoms with van der Waals surface area (Å²) in [4.78, 5) is 0. The van der Waals surface area contributed by atoms with Gasteiger partial charge in [-0.15, -0.1) is 5.19 Å². The van der Waals surface area contributed by atoms with Gasteiger partial charge >= 0.3 is 0 Å². The van der Waals surface area contributed by atoms with Crippen molar-refractivity contribution in [3.05, 3.63) is 24.3 Å². The fourth-order valence-electron chi connectivity index (χ4n) is 0.503. The Morgan fingerprint density at radius 3 is 1.29 bits per heavy atom. The topological polar surface area (TPSA) is 60.7 Å². The fraction of sp³-hybridized carbons (Fsp3) is 0.545. The van der Waals surface area contributed by atoms with Crippen LogP contribution in [0.3, 0.4) is 0 Å². The Morgan fingerprint density at radius 1 is 0.941 bits per heavy atom. The van der Waals surface area contributed by atoms with E-state index in [0.717, 1.165) is 5.19 Å². The molecule has 0 saturated heterocycles. The summed E-state index contributed by atoms with van der Waals surface area (Å²) in [5.41, 5.74) is 0. The summed E-state index contributed by atoms with van der Waals surface area (Å²) in [6.45, 7) is 5.79. The van der Waals surface area contributed by atoms with Gasteiger partial charge in [0, 0.05) is 46.0 Å². The van der Waals surface area contributed by atoms with Crippen molar-refractivity contribution in [2.24, 2.45) is 0 Å². The first-order chi connectivity index (χ1) is 7.67. The van der Waals surface area contributed by atoms with Gasteiger partial charge in [-0.1, -0.05) is 0 Å². The number of rotatable bonds is 1. The summed E-state index contributed by atoms with van der Waals surface area (Å²) in [6.07, 6.45) is 0. The zero-order chi connectivity index (χ0) is 13.2. The van der Waals surface area contributed by atoms with Crippen LogP contribution in [-0.2, 0) is 26.2 Å². The number of aliphatic hydroxyl groups excluding tert-OH is 3. The van der Waals surface area contributed by atoms with E-state index in [1.54, 1.807) is 20.8 Å². The molecule has 0 fully saturated rings. The number of hydrogen-bond acceptors (Lipinski definition) is 3. The van der Waals surface area contributed by atoms with Crippen LogP contribution in [0.15, 0.2) is 24.3 Å². The minimum absolute atomic E-state index is 0. The molecule has 102 valence electrons. The second kappa shape index (κ2) is 29.9. The van der Waals surface area contributed by atoms with Crippen molar-refractivity contribution in [3.8, 4) is 0 Å². The second-order valence-electron chi connectivity index (χ2n) is 2.38. The van der Waals surface area contributed by atoms with Crippen molar-refractivity contribution in [2.75, 3.05) is 19.8 Å². The van der Waals surface area contributed by atoms with Crippen molar-refractivity contribution in [1.82, 2.24) is 0 Å². The van der Waals surface area contributed by atoms with Gasteiger partial charge in [-0.3, -0.25) is 0 Å². The Labute approximate surface area is 125 Å². The molecule has 0 radical (unpaired) electrons. The van der Waals surface area contributed by atoms with Gasteiger partial charge in [0.05, 0.1) is 0 Å². The third-order valence-corrected chi connectivity index (χ3v) is 1.67.